The number of nitrogens with one attached hydrogen (secondary N) is 3. The predicted molar refractivity (Wildman–Crippen MR) is 104 cm³/mol. The third-order valence-corrected chi connectivity index (χ3v) is 4.80. The van der Waals surface area contributed by atoms with E-state index < -0.39 is 27.8 Å². The number of hydrogen-bond donors (Lipinski definition) is 4. The van der Waals surface area contributed by atoms with Crippen LogP contribution in [0.5, 0.6) is 0 Å². The second-order valence-corrected chi connectivity index (χ2v) is 7.66. The first-order valence-electron chi connectivity index (χ1n) is 8.20. The van der Waals surface area contributed by atoms with Crippen molar-refractivity contribution in [3.8, 4) is 0 Å². The average Bonchev–Trinajstić information content (AvgIpc) is 3.00. The number of carbonyl (C=O) groups is 2. The average molecular weight is 416 g/mol. The number of benzene rings is 2. The van der Waals surface area contributed by atoms with Crippen LogP contribution in [0.15, 0.2) is 62.4 Å². The highest BCUT2D eigenvalue weighted by Crippen LogP contribution is 2.18. The van der Waals surface area contributed by atoms with Crippen molar-refractivity contribution in [2.45, 2.75) is 17.9 Å². The first-order chi connectivity index (χ1) is 13.6. The number of nitrogens with two attached hydrogens (primary N) is 1. The lowest BCUT2D eigenvalue weighted by Gasteiger charge is -2.09. The van der Waals surface area contributed by atoms with E-state index in [2.05, 4.69) is 25.5 Å². The van der Waals surface area contributed by atoms with Gasteiger partial charge in [0.2, 0.25) is 16.1 Å². The highest BCUT2D eigenvalue weighted by atomic mass is 32.2. The molecule has 0 aliphatic rings. The summed E-state index contributed by atoms with van der Waals surface area (Å²) in [4.78, 5) is 40.6. The van der Waals surface area contributed by atoms with Crippen LogP contribution >= 0.6 is 0 Å². The highest BCUT2D eigenvalue weighted by Gasteiger charge is 2.23. The lowest BCUT2D eigenvalue weighted by atomic mass is 10.2. The summed E-state index contributed by atoms with van der Waals surface area (Å²) in [5.74, 6) is -1.25. The number of Topliss-reactive ketones (excluding diaryl/α,β-unsaturated/α-hetero) is 1. The molecule has 0 bridgehead atoms. The van der Waals surface area contributed by atoms with Gasteiger partial charge in [0.15, 0.2) is 5.78 Å². The number of hydrogen-bond acceptors (Lipinski definition) is 7. The molecule has 1 unspecified atom stereocenters. The largest absolute Gasteiger partial charge is 0.324 e. The second-order valence-electron chi connectivity index (χ2n) is 6.10. The molecule has 12 heteroatoms. The van der Waals surface area contributed by atoms with Crippen LogP contribution < -0.4 is 16.1 Å². The van der Waals surface area contributed by atoms with Crippen LogP contribution in [0.3, 0.4) is 0 Å². The van der Waals surface area contributed by atoms with E-state index >= 15 is 0 Å². The van der Waals surface area contributed by atoms with Gasteiger partial charge in [0.1, 0.15) is 0 Å². The highest BCUT2D eigenvalue weighted by molar-refractivity contribution is 7.89. The van der Waals surface area contributed by atoms with Crippen LogP contribution in [-0.4, -0.2) is 36.1 Å². The number of primary sulfonamides is 1. The molecular weight excluding hydrogens is 400 g/mol. The lowest BCUT2D eigenvalue weighted by molar-refractivity contribution is -0.126. The number of imidazole rings is 1. The summed E-state index contributed by atoms with van der Waals surface area (Å²) in [5, 5.41) is 15.2. The monoisotopic (exact) mass is 416 g/mol. The molecule has 1 atom stereocenters. The number of sulfonamides is 1. The molecule has 2 aromatic carbocycles. The first kappa shape index (κ1) is 20.1. The topological polar surface area (TPSA) is 180 Å². The van der Waals surface area contributed by atoms with Gasteiger partial charge in [0, 0.05) is 5.69 Å². The normalized spacial score (nSPS) is 12.9. The minimum absolute atomic E-state index is 0.101. The maximum Gasteiger partial charge on any atom is 0.323 e. The maximum absolute atomic E-state index is 12.4. The quantitative estimate of drug-likeness (QED) is 0.347. The summed E-state index contributed by atoms with van der Waals surface area (Å²) >= 11 is 0. The molecule has 0 fully saturated rings. The number of amides is 1. The zero-order valence-corrected chi connectivity index (χ0v) is 15.9. The van der Waals surface area contributed by atoms with Gasteiger partial charge in [0.05, 0.1) is 21.6 Å². The number of azo groups is 1. The fraction of sp³-hybridized carbons (Fsp3) is 0.118. The molecule has 0 radical (unpaired) electrons. The zero-order valence-electron chi connectivity index (χ0n) is 15.0. The Bertz CT molecular complexity index is 1270. The van der Waals surface area contributed by atoms with Crippen molar-refractivity contribution >= 4 is 44.1 Å². The van der Waals surface area contributed by atoms with Crippen LogP contribution in [0.1, 0.15) is 6.92 Å². The second kappa shape index (κ2) is 7.77. The Hall–Kier alpha value is -3.64. The summed E-state index contributed by atoms with van der Waals surface area (Å²) in [5.41, 5.74) is 1.27. The summed E-state index contributed by atoms with van der Waals surface area (Å²) < 4.78 is 22.5. The molecule has 0 saturated heterocycles. The van der Waals surface area contributed by atoms with Crippen LogP contribution in [0.25, 0.3) is 11.0 Å². The van der Waals surface area contributed by atoms with Crippen LogP contribution in [0.2, 0.25) is 0 Å². The number of fused-ring (bicyclic) bond motifs is 1. The van der Waals surface area contributed by atoms with Gasteiger partial charge in [-0.1, -0.05) is 0 Å². The molecule has 1 amide bonds. The number of aromatic amines is 2. The van der Waals surface area contributed by atoms with Crippen molar-refractivity contribution in [2.24, 2.45) is 15.4 Å². The van der Waals surface area contributed by atoms with E-state index in [0.717, 1.165) is 0 Å². The van der Waals surface area contributed by atoms with Crippen molar-refractivity contribution in [3.63, 3.8) is 0 Å². The molecule has 3 aromatic rings. The third-order valence-electron chi connectivity index (χ3n) is 3.87. The molecule has 5 N–H and O–H groups in total. The van der Waals surface area contributed by atoms with Crippen LogP contribution in [0.4, 0.5) is 11.4 Å². The van der Waals surface area contributed by atoms with E-state index in [9.17, 15) is 22.8 Å². The van der Waals surface area contributed by atoms with Crippen molar-refractivity contribution in [1.29, 1.82) is 0 Å². The smallest absolute Gasteiger partial charge is 0.323 e. The summed E-state index contributed by atoms with van der Waals surface area (Å²) in [7, 11) is -3.84. The molecule has 29 heavy (non-hydrogen) atoms. The number of aromatic nitrogens is 2. The van der Waals surface area contributed by atoms with E-state index in [1.807, 2.05) is 0 Å². The minimum Gasteiger partial charge on any atom is -0.324 e. The standard InChI is InChI=1S/C17H16N6O5S/c1-9(24)15(23-22-10-2-5-12(6-3-10)29(18,27)28)16(25)19-11-4-7-13-14(8-11)21-17(26)20-13/h2-8,15H,1H3,(H,19,25)(H2,18,27,28)(H2,20,21,26). The van der Waals surface area contributed by atoms with E-state index in [1.54, 1.807) is 12.1 Å². The van der Waals surface area contributed by atoms with Gasteiger partial charge in [-0.05, 0) is 49.4 Å². The third kappa shape index (κ3) is 4.80. The van der Waals surface area contributed by atoms with Gasteiger partial charge < -0.3 is 15.3 Å². The van der Waals surface area contributed by atoms with Crippen molar-refractivity contribution in [1.82, 2.24) is 9.97 Å². The Labute approximate surface area is 164 Å². The zero-order chi connectivity index (χ0) is 21.2. The molecule has 3 rings (SSSR count). The van der Waals surface area contributed by atoms with Gasteiger partial charge in [0.25, 0.3) is 5.91 Å². The van der Waals surface area contributed by atoms with Gasteiger partial charge in [-0.3, -0.25) is 9.59 Å². The number of carbonyl (C=O) groups excluding carboxylic acids is 2. The molecule has 0 aliphatic carbocycles. The Morgan fingerprint density at radius 1 is 1.07 bits per heavy atom. The predicted octanol–water partition coefficient (Wildman–Crippen LogP) is 1.18. The molecule has 1 heterocycles. The molecule has 0 aliphatic heterocycles. The molecular formula is C17H16N6O5S. The number of ketones is 1. The van der Waals surface area contributed by atoms with Crippen LogP contribution in [0, 0.1) is 0 Å². The van der Waals surface area contributed by atoms with E-state index in [-0.39, 0.29) is 16.3 Å². The summed E-state index contributed by atoms with van der Waals surface area (Å²) in [6.07, 6.45) is 0. The number of H-pyrrole nitrogens is 2. The van der Waals surface area contributed by atoms with Crippen LogP contribution in [-0.2, 0) is 19.6 Å². The minimum atomic E-state index is -3.84. The van der Waals surface area contributed by atoms with Gasteiger partial charge in [-0.25, -0.2) is 18.4 Å². The lowest BCUT2D eigenvalue weighted by Crippen LogP contribution is -2.31. The van der Waals surface area contributed by atoms with Gasteiger partial charge >= 0.3 is 5.69 Å². The molecule has 11 nitrogen and oxygen atoms in total. The van der Waals surface area contributed by atoms with Crippen molar-refractivity contribution in [3.05, 3.63) is 52.9 Å². The molecule has 0 spiro atoms. The van der Waals surface area contributed by atoms with Gasteiger partial charge in [-0.15, -0.1) is 0 Å². The number of rotatable bonds is 6. The van der Waals surface area contributed by atoms with Crippen molar-refractivity contribution < 1.29 is 18.0 Å². The maximum atomic E-state index is 12.4. The van der Waals surface area contributed by atoms with Gasteiger partial charge in [-0.2, -0.15) is 10.2 Å². The molecule has 0 saturated carbocycles. The SMILES string of the molecule is CC(=O)C(N=Nc1ccc(S(N)(=O)=O)cc1)C(=O)Nc1ccc2[nH]c(=O)[nH]c2c1. The summed E-state index contributed by atoms with van der Waals surface area (Å²) in [6, 6.07) is 8.44. The van der Waals surface area contributed by atoms with E-state index in [4.69, 9.17) is 5.14 Å². The summed E-state index contributed by atoms with van der Waals surface area (Å²) in [6.45, 7) is 1.19. The molecule has 150 valence electrons. The first-order valence-corrected chi connectivity index (χ1v) is 9.75. The molecule has 1 aromatic heterocycles. The fourth-order valence-corrected chi connectivity index (χ4v) is 2.98. The van der Waals surface area contributed by atoms with E-state index in [0.29, 0.717) is 16.7 Å². The number of anilines is 1. The number of nitrogens with zero attached hydrogens (tertiary/aromatic N) is 2. The Morgan fingerprint density at radius 2 is 1.72 bits per heavy atom. The Morgan fingerprint density at radius 3 is 2.34 bits per heavy atom. The fourth-order valence-electron chi connectivity index (χ4n) is 2.47. The van der Waals surface area contributed by atoms with E-state index in [1.165, 1.54) is 37.3 Å². The Kier molecular flexibility index (Phi) is 5.39. The van der Waals surface area contributed by atoms with Crippen molar-refractivity contribution in [2.75, 3.05) is 5.32 Å². The Balaban J connectivity index is 1.77.